The number of unbranched alkanes of at least 4 members (excludes halogenated alkanes) is 2. The van der Waals surface area contributed by atoms with Gasteiger partial charge in [-0.1, -0.05) is 6.08 Å². The fourth-order valence-electron chi connectivity index (χ4n) is 1.04. The van der Waals surface area contributed by atoms with Crippen molar-refractivity contribution in [2.75, 3.05) is 6.54 Å². The van der Waals surface area contributed by atoms with Gasteiger partial charge >= 0.3 is 5.97 Å². The number of nitriles is 1. The minimum atomic E-state index is -0.901. The highest BCUT2D eigenvalue weighted by Crippen LogP contribution is 2.00. The van der Waals surface area contributed by atoms with Crippen molar-refractivity contribution in [2.24, 2.45) is 0 Å². The van der Waals surface area contributed by atoms with Crippen molar-refractivity contribution in [1.82, 2.24) is 5.32 Å². The molecule has 0 radical (unpaired) electrons. The zero-order chi connectivity index (χ0) is 12.4. The van der Waals surface area contributed by atoms with Crippen LogP contribution in [0.2, 0.25) is 0 Å². The lowest BCUT2D eigenvalue weighted by molar-refractivity contribution is -0.132. The van der Waals surface area contributed by atoms with Crippen LogP contribution in [0.5, 0.6) is 0 Å². The highest BCUT2D eigenvalue weighted by atomic mass is 16.4. The van der Waals surface area contributed by atoms with Crippen LogP contribution in [-0.2, 0) is 9.59 Å². The topological polar surface area (TPSA) is 90.2 Å². The quantitative estimate of drug-likeness (QED) is 0.502. The molecule has 16 heavy (non-hydrogen) atoms. The number of carbonyl (C=O) groups excluding carboxylic acids is 1. The van der Waals surface area contributed by atoms with Gasteiger partial charge in [-0.15, -0.1) is 0 Å². The third-order valence-electron chi connectivity index (χ3n) is 1.98. The molecule has 0 fully saturated rings. The van der Waals surface area contributed by atoms with E-state index in [1.54, 1.807) is 19.1 Å². The van der Waals surface area contributed by atoms with E-state index in [1.807, 2.05) is 0 Å². The molecule has 0 aliphatic rings. The second-order valence-electron chi connectivity index (χ2n) is 3.37. The summed E-state index contributed by atoms with van der Waals surface area (Å²) in [7, 11) is 0. The predicted molar refractivity (Wildman–Crippen MR) is 58.5 cm³/mol. The van der Waals surface area contributed by atoms with E-state index in [-0.39, 0.29) is 12.3 Å². The first kappa shape index (κ1) is 14.2. The van der Waals surface area contributed by atoms with Gasteiger partial charge in [-0.25, -0.2) is 4.79 Å². The van der Waals surface area contributed by atoms with E-state index in [4.69, 9.17) is 10.4 Å². The van der Waals surface area contributed by atoms with Crippen molar-refractivity contribution in [2.45, 2.75) is 32.6 Å². The van der Waals surface area contributed by atoms with E-state index in [2.05, 4.69) is 5.32 Å². The van der Waals surface area contributed by atoms with Crippen LogP contribution in [0.4, 0.5) is 0 Å². The van der Waals surface area contributed by atoms with Crippen molar-refractivity contribution in [3.05, 3.63) is 11.6 Å². The number of carboxylic acid groups (broad SMARTS) is 1. The number of amides is 1. The first-order valence-electron chi connectivity index (χ1n) is 5.11. The van der Waals surface area contributed by atoms with Gasteiger partial charge in [0, 0.05) is 12.1 Å². The second-order valence-corrected chi connectivity index (χ2v) is 3.37. The van der Waals surface area contributed by atoms with Gasteiger partial charge in [0.25, 0.3) is 0 Å². The molecule has 0 aliphatic carbocycles. The molecule has 0 spiro atoms. The lowest BCUT2D eigenvalue weighted by Gasteiger charge is -2.01. The van der Waals surface area contributed by atoms with Crippen LogP contribution in [0.1, 0.15) is 32.6 Å². The highest BCUT2D eigenvalue weighted by molar-refractivity contribution is 5.85. The maximum absolute atomic E-state index is 10.9. The van der Waals surface area contributed by atoms with E-state index in [9.17, 15) is 9.59 Å². The second kappa shape index (κ2) is 8.48. The Balaban J connectivity index is 3.49. The van der Waals surface area contributed by atoms with E-state index in [0.29, 0.717) is 18.5 Å². The van der Waals surface area contributed by atoms with Crippen LogP contribution in [0.25, 0.3) is 0 Å². The lowest BCUT2D eigenvalue weighted by Crippen LogP contribution is -2.23. The average molecular weight is 224 g/mol. The maximum Gasteiger partial charge on any atom is 0.330 e. The molecule has 0 aromatic rings. The molecule has 0 aromatic carbocycles. The monoisotopic (exact) mass is 224 g/mol. The Morgan fingerprint density at radius 2 is 2.12 bits per heavy atom. The fourth-order valence-corrected chi connectivity index (χ4v) is 1.04. The van der Waals surface area contributed by atoms with Crippen LogP contribution in [-0.4, -0.2) is 23.5 Å². The van der Waals surface area contributed by atoms with Crippen molar-refractivity contribution in [3.63, 3.8) is 0 Å². The molecule has 0 heterocycles. The molecular weight excluding hydrogens is 208 g/mol. The Kier molecular flexibility index (Phi) is 7.51. The fraction of sp³-hybridized carbons (Fsp3) is 0.545. The predicted octanol–water partition coefficient (Wildman–Crippen LogP) is 1.22. The van der Waals surface area contributed by atoms with Crippen LogP contribution in [0.15, 0.2) is 11.6 Å². The number of aliphatic carboxylic acids is 1. The standard InChI is InChI=1S/C11H16N2O3/c1-9(11(15)16)5-3-2-4-8-13-10(14)6-7-12/h5H,2-4,6,8H2,1H3,(H,13,14)(H,15,16). The molecule has 0 aromatic heterocycles. The van der Waals surface area contributed by atoms with Crippen LogP contribution >= 0.6 is 0 Å². The molecule has 0 saturated carbocycles. The molecule has 5 nitrogen and oxygen atoms in total. The Hall–Kier alpha value is -1.83. The number of carbonyl (C=O) groups is 2. The summed E-state index contributed by atoms with van der Waals surface area (Å²) < 4.78 is 0. The summed E-state index contributed by atoms with van der Waals surface area (Å²) in [6.07, 6.45) is 3.84. The van der Waals surface area contributed by atoms with E-state index < -0.39 is 5.97 Å². The van der Waals surface area contributed by atoms with Gasteiger partial charge in [-0.05, 0) is 26.2 Å². The summed E-state index contributed by atoms with van der Waals surface area (Å²) in [4.78, 5) is 21.3. The maximum atomic E-state index is 10.9. The molecule has 0 rings (SSSR count). The highest BCUT2D eigenvalue weighted by Gasteiger charge is 1.99. The Morgan fingerprint density at radius 3 is 2.69 bits per heavy atom. The molecule has 0 saturated heterocycles. The number of nitrogens with zero attached hydrogens (tertiary/aromatic N) is 1. The molecule has 0 aliphatic heterocycles. The summed E-state index contributed by atoms with van der Waals surface area (Å²) in [5, 5.41) is 19.4. The van der Waals surface area contributed by atoms with Gasteiger partial charge < -0.3 is 10.4 Å². The lowest BCUT2D eigenvalue weighted by atomic mass is 10.2. The minimum Gasteiger partial charge on any atom is -0.478 e. The number of rotatable bonds is 7. The van der Waals surface area contributed by atoms with E-state index in [0.717, 1.165) is 12.8 Å². The summed E-state index contributed by atoms with van der Waals surface area (Å²) in [5.41, 5.74) is 0.341. The van der Waals surface area contributed by atoms with Crippen molar-refractivity contribution in [1.29, 1.82) is 5.26 Å². The van der Waals surface area contributed by atoms with Gasteiger partial charge in [0.05, 0.1) is 6.07 Å². The van der Waals surface area contributed by atoms with Gasteiger partial charge in [0.2, 0.25) is 5.91 Å². The van der Waals surface area contributed by atoms with Crippen molar-refractivity contribution in [3.8, 4) is 6.07 Å². The molecule has 0 unspecified atom stereocenters. The third-order valence-corrected chi connectivity index (χ3v) is 1.98. The number of hydrogen-bond acceptors (Lipinski definition) is 3. The number of hydrogen-bond donors (Lipinski definition) is 2. The summed E-state index contributed by atoms with van der Waals surface area (Å²) in [5.74, 6) is -1.16. The van der Waals surface area contributed by atoms with Crippen molar-refractivity contribution < 1.29 is 14.7 Å². The molecule has 0 bridgehead atoms. The minimum absolute atomic E-state index is 0.113. The first-order valence-corrected chi connectivity index (χ1v) is 5.11. The smallest absolute Gasteiger partial charge is 0.330 e. The Morgan fingerprint density at radius 1 is 1.44 bits per heavy atom. The molecule has 88 valence electrons. The normalized spacial score (nSPS) is 10.6. The van der Waals surface area contributed by atoms with Crippen LogP contribution in [0, 0.1) is 11.3 Å². The zero-order valence-corrected chi connectivity index (χ0v) is 9.32. The third kappa shape index (κ3) is 7.56. The van der Waals surface area contributed by atoms with E-state index in [1.165, 1.54) is 0 Å². The van der Waals surface area contributed by atoms with Gasteiger partial charge in [-0.3, -0.25) is 4.79 Å². The number of nitrogens with one attached hydrogen (secondary N) is 1. The van der Waals surface area contributed by atoms with Crippen molar-refractivity contribution >= 4 is 11.9 Å². The van der Waals surface area contributed by atoms with Gasteiger partial charge in [-0.2, -0.15) is 5.26 Å². The van der Waals surface area contributed by atoms with Crippen LogP contribution < -0.4 is 5.32 Å². The first-order chi connectivity index (χ1) is 7.57. The van der Waals surface area contributed by atoms with E-state index >= 15 is 0 Å². The average Bonchev–Trinajstić information content (AvgIpc) is 2.23. The van der Waals surface area contributed by atoms with Crippen LogP contribution in [0.3, 0.4) is 0 Å². The summed E-state index contributed by atoms with van der Waals surface area (Å²) in [6, 6.07) is 1.76. The Labute approximate surface area is 94.8 Å². The van der Waals surface area contributed by atoms with Gasteiger partial charge in [0.1, 0.15) is 6.42 Å². The van der Waals surface area contributed by atoms with Gasteiger partial charge in [0.15, 0.2) is 0 Å². The number of allylic oxidation sites excluding steroid dienone is 1. The largest absolute Gasteiger partial charge is 0.478 e. The molecule has 5 heteroatoms. The molecule has 1 amide bonds. The molecular formula is C11H16N2O3. The summed E-state index contributed by atoms with van der Waals surface area (Å²) >= 11 is 0. The molecule has 0 atom stereocenters. The Bertz CT molecular complexity index is 316. The SMILES string of the molecule is CC(=CCCCCNC(=O)CC#N)C(=O)O. The number of carboxylic acids is 1. The summed E-state index contributed by atoms with van der Waals surface area (Å²) in [6.45, 7) is 2.08. The molecule has 2 N–H and O–H groups in total. The zero-order valence-electron chi connectivity index (χ0n) is 9.32.